The predicted molar refractivity (Wildman–Crippen MR) is 87.7 cm³/mol. The van der Waals surface area contributed by atoms with Gasteiger partial charge in [0.15, 0.2) is 0 Å². The number of aromatic amines is 1. The van der Waals surface area contributed by atoms with Crippen molar-refractivity contribution in [3.05, 3.63) is 77.7 Å². The van der Waals surface area contributed by atoms with E-state index in [0.717, 1.165) is 5.56 Å². The van der Waals surface area contributed by atoms with Crippen LogP contribution in [0.25, 0.3) is 11.3 Å². The van der Waals surface area contributed by atoms with Crippen LogP contribution in [0.5, 0.6) is 0 Å². The molecule has 0 radical (unpaired) electrons. The first-order valence-corrected chi connectivity index (χ1v) is 7.45. The van der Waals surface area contributed by atoms with E-state index in [-0.39, 0.29) is 17.7 Å². The number of aromatic nitrogens is 2. The quantitative estimate of drug-likeness (QED) is 0.675. The van der Waals surface area contributed by atoms with Gasteiger partial charge in [-0.1, -0.05) is 42.5 Å². The Labute approximate surface area is 138 Å². The molecule has 6 heteroatoms. The second-order valence-corrected chi connectivity index (χ2v) is 5.26. The minimum absolute atomic E-state index is 0.217. The lowest BCUT2D eigenvalue weighted by atomic mass is 10.0. The first-order valence-electron chi connectivity index (χ1n) is 7.45. The molecule has 0 saturated heterocycles. The highest BCUT2D eigenvalue weighted by atomic mass is 19.1. The predicted octanol–water partition coefficient (Wildman–Crippen LogP) is 2.68. The smallest absolute Gasteiger partial charge is 0.255 e. The van der Waals surface area contributed by atoms with Crippen LogP contribution in [-0.2, 0) is 0 Å². The third kappa shape index (κ3) is 3.18. The molecule has 0 bridgehead atoms. The Morgan fingerprint density at radius 2 is 1.88 bits per heavy atom. The van der Waals surface area contributed by atoms with Crippen molar-refractivity contribution in [2.24, 2.45) is 0 Å². The average Bonchev–Trinajstić information content (AvgIpc) is 3.10. The Bertz CT molecular complexity index is 833. The fourth-order valence-corrected chi connectivity index (χ4v) is 2.48. The van der Waals surface area contributed by atoms with Crippen molar-refractivity contribution in [1.29, 1.82) is 0 Å². The molecule has 0 aliphatic heterocycles. The molecular formula is C18H16FN3O2. The topological polar surface area (TPSA) is 78.0 Å². The lowest BCUT2D eigenvalue weighted by Crippen LogP contribution is -2.30. The standard InChI is InChI=1S/C18H16FN3O2/c19-15-9-5-4-8-13(15)17-14(10-20-22-17)18(24)21-16(11-23)12-6-2-1-3-7-12/h1-10,16,23H,11H2,(H,20,22)(H,21,24)/t16-/m1/s1. The molecule has 122 valence electrons. The fraction of sp³-hybridized carbons (Fsp3) is 0.111. The highest BCUT2D eigenvalue weighted by Crippen LogP contribution is 2.24. The van der Waals surface area contributed by atoms with E-state index < -0.39 is 17.8 Å². The van der Waals surface area contributed by atoms with Crippen molar-refractivity contribution >= 4 is 5.91 Å². The van der Waals surface area contributed by atoms with Gasteiger partial charge in [-0.25, -0.2) is 4.39 Å². The first-order chi connectivity index (χ1) is 11.7. The number of carbonyl (C=O) groups is 1. The molecule has 0 fully saturated rings. The third-order valence-corrected chi connectivity index (χ3v) is 3.72. The highest BCUT2D eigenvalue weighted by molar-refractivity contribution is 6.00. The normalized spacial score (nSPS) is 11.9. The zero-order valence-electron chi connectivity index (χ0n) is 12.7. The Morgan fingerprint density at radius 1 is 1.17 bits per heavy atom. The van der Waals surface area contributed by atoms with E-state index in [4.69, 9.17) is 0 Å². The van der Waals surface area contributed by atoms with E-state index in [1.165, 1.54) is 12.3 Å². The Hall–Kier alpha value is -2.99. The SMILES string of the molecule is O=C(N[C@H](CO)c1ccccc1)c1cn[nH]c1-c1ccccc1F. The highest BCUT2D eigenvalue weighted by Gasteiger charge is 2.20. The second-order valence-electron chi connectivity index (χ2n) is 5.26. The number of nitrogens with one attached hydrogen (secondary N) is 2. The van der Waals surface area contributed by atoms with Crippen molar-refractivity contribution in [1.82, 2.24) is 15.5 Å². The Kier molecular flexibility index (Phi) is 4.67. The van der Waals surface area contributed by atoms with Gasteiger partial charge in [-0.2, -0.15) is 5.10 Å². The summed E-state index contributed by atoms with van der Waals surface area (Å²) in [5.41, 5.74) is 1.56. The van der Waals surface area contributed by atoms with Gasteiger partial charge in [-0.05, 0) is 17.7 Å². The summed E-state index contributed by atoms with van der Waals surface area (Å²) in [6, 6.07) is 14.7. The number of rotatable bonds is 5. The van der Waals surface area contributed by atoms with E-state index in [9.17, 15) is 14.3 Å². The van der Waals surface area contributed by atoms with Crippen LogP contribution in [0.15, 0.2) is 60.8 Å². The van der Waals surface area contributed by atoms with E-state index in [2.05, 4.69) is 15.5 Å². The van der Waals surface area contributed by atoms with Crippen LogP contribution in [-0.4, -0.2) is 27.8 Å². The number of nitrogens with zero attached hydrogens (tertiary/aromatic N) is 1. The van der Waals surface area contributed by atoms with Crippen LogP contribution < -0.4 is 5.32 Å². The number of amides is 1. The third-order valence-electron chi connectivity index (χ3n) is 3.72. The molecule has 2 aromatic carbocycles. The summed E-state index contributed by atoms with van der Waals surface area (Å²) in [6.45, 7) is -0.247. The molecule has 3 N–H and O–H groups in total. The number of hydrogen-bond donors (Lipinski definition) is 3. The van der Waals surface area contributed by atoms with Crippen molar-refractivity contribution in [3.63, 3.8) is 0 Å². The minimum atomic E-state index is -0.554. The number of benzene rings is 2. The van der Waals surface area contributed by atoms with Crippen molar-refractivity contribution in [2.45, 2.75) is 6.04 Å². The molecule has 24 heavy (non-hydrogen) atoms. The van der Waals surface area contributed by atoms with Crippen LogP contribution in [0.4, 0.5) is 4.39 Å². The molecule has 1 heterocycles. The van der Waals surface area contributed by atoms with Crippen LogP contribution in [0.2, 0.25) is 0 Å². The minimum Gasteiger partial charge on any atom is -0.394 e. The van der Waals surface area contributed by atoms with Gasteiger partial charge < -0.3 is 10.4 Å². The number of halogens is 1. The summed E-state index contributed by atoms with van der Waals surface area (Å²) < 4.78 is 14.0. The number of aliphatic hydroxyl groups is 1. The maximum Gasteiger partial charge on any atom is 0.255 e. The van der Waals surface area contributed by atoms with E-state index in [1.807, 2.05) is 30.3 Å². The summed E-state index contributed by atoms with van der Waals surface area (Å²) in [7, 11) is 0. The summed E-state index contributed by atoms with van der Waals surface area (Å²) in [6.07, 6.45) is 1.34. The van der Waals surface area contributed by atoms with Gasteiger partial charge in [0.2, 0.25) is 0 Å². The van der Waals surface area contributed by atoms with E-state index >= 15 is 0 Å². The van der Waals surface area contributed by atoms with Gasteiger partial charge in [0.1, 0.15) is 5.82 Å². The molecule has 0 saturated carbocycles. The van der Waals surface area contributed by atoms with Crippen LogP contribution >= 0.6 is 0 Å². The Balaban J connectivity index is 1.87. The second kappa shape index (κ2) is 7.06. The molecule has 3 rings (SSSR count). The van der Waals surface area contributed by atoms with Gasteiger partial charge in [0.05, 0.1) is 30.1 Å². The Morgan fingerprint density at radius 3 is 2.58 bits per heavy atom. The lowest BCUT2D eigenvalue weighted by molar-refractivity contribution is 0.0917. The summed E-state index contributed by atoms with van der Waals surface area (Å²) in [5.74, 6) is -0.887. The van der Waals surface area contributed by atoms with Crippen LogP contribution in [0.3, 0.4) is 0 Å². The zero-order chi connectivity index (χ0) is 16.9. The summed E-state index contributed by atoms with van der Waals surface area (Å²) in [5, 5.41) is 18.8. The van der Waals surface area contributed by atoms with Gasteiger partial charge in [0, 0.05) is 5.56 Å². The van der Waals surface area contributed by atoms with E-state index in [1.54, 1.807) is 18.2 Å². The molecule has 0 spiro atoms. The van der Waals surface area contributed by atoms with Gasteiger partial charge in [-0.3, -0.25) is 9.89 Å². The van der Waals surface area contributed by atoms with Crippen LogP contribution in [0, 0.1) is 5.82 Å². The van der Waals surface area contributed by atoms with E-state index in [0.29, 0.717) is 5.69 Å². The molecule has 3 aromatic rings. The number of H-pyrrole nitrogens is 1. The zero-order valence-corrected chi connectivity index (χ0v) is 12.7. The monoisotopic (exact) mass is 325 g/mol. The molecular weight excluding hydrogens is 309 g/mol. The van der Waals surface area contributed by atoms with Gasteiger partial charge in [-0.15, -0.1) is 0 Å². The lowest BCUT2D eigenvalue weighted by Gasteiger charge is -2.16. The molecule has 1 aromatic heterocycles. The molecule has 0 unspecified atom stereocenters. The van der Waals surface area contributed by atoms with Crippen LogP contribution in [0.1, 0.15) is 22.0 Å². The van der Waals surface area contributed by atoms with Crippen molar-refractivity contribution in [2.75, 3.05) is 6.61 Å². The molecule has 0 aliphatic carbocycles. The maximum atomic E-state index is 14.0. The fourth-order valence-electron chi connectivity index (χ4n) is 2.48. The van der Waals surface area contributed by atoms with Gasteiger partial charge >= 0.3 is 0 Å². The number of aliphatic hydroxyl groups excluding tert-OH is 1. The van der Waals surface area contributed by atoms with Crippen molar-refractivity contribution < 1.29 is 14.3 Å². The molecule has 0 aliphatic rings. The first kappa shape index (κ1) is 15.9. The van der Waals surface area contributed by atoms with Gasteiger partial charge in [0.25, 0.3) is 5.91 Å². The molecule has 1 amide bonds. The van der Waals surface area contributed by atoms with Crippen molar-refractivity contribution in [3.8, 4) is 11.3 Å². The molecule has 1 atom stereocenters. The maximum absolute atomic E-state index is 14.0. The molecule has 5 nitrogen and oxygen atoms in total. The number of hydrogen-bond acceptors (Lipinski definition) is 3. The number of carbonyl (C=O) groups excluding carboxylic acids is 1. The summed E-state index contributed by atoms with van der Waals surface area (Å²) >= 11 is 0. The summed E-state index contributed by atoms with van der Waals surface area (Å²) in [4.78, 5) is 12.5. The average molecular weight is 325 g/mol. The largest absolute Gasteiger partial charge is 0.394 e.